The number of carbonyl (C=O) groups excluding carboxylic acids is 1. The minimum absolute atomic E-state index is 0.0782. The van der Waals surface area contributed by atoms with Gasteiger partial charge in [0.15, 0.2) is 0 Å². The van der Waals surface area contributed by atoms with Crippen molar-refractivity contribution in [3.05, 3.63) is 46.6 Å². The van der Waals surface area contributed by atoms with Crippen LogP contribution >= 0.6 is 0 Å². The number of ketones is 1. The quantitative estimate of drug-likeness (QED) is 0.238. The van der Waals surface area contributed by atoms with Crippen LogP contribution in [0.15, 0.2) is 46.6 Å². The van der Waals surface area contributed by atoms with E-state index in [1.54, 1.807) is 6.92 Å². The minimum Gasteiger partial charge on any atom is -0.298 e. The molecule has 1 aliphatic rings. The van der Waals surface area contributed by atoms with Crippen molar-refractivity contribution in [2.45, 2.75) is 106 Å². The van der Waals surface area contributed by atoms with Gasteiger partial charge < -0.3 is 0 Å². The number of Topliss-reactive ketones (excluding diaryl/α,β-unsaturated/α-hetero) is 1. The number of hydrogen-bond acceptors (Lipinski definition) is 3. The van der Waals surface area contributed by atoms with Crippen LogP contribution in [0, 0.1) is 0 Å². The van der Waals surface area contributed by atoms with E-state index in [0.29, 0.717) is 5.78 Å². The Morgan fingerprint density at radius 1 is 0.788 bits per heavy atom. The Labute approximate surface area is 205 Å². The number of allylic oxidation sites excluding steroid dienone is 7. The van der Waals surface area contributed by atoms with Crippen molar-refractivity contribution in [2.24, 2.45) is 0 Å². The first-order valence-electron chi connectivity index (χ1n) is 13.3. The molecule has 188 valence electrons. The lowest BCUT2D eigenvalue weighted by Crippen LogP contribution is -2.56. The number of piperazine rings is 1. The molecule has 0 aliphatic carbocycles. The summed E-state index contributed by atoms with van der Waals surface area (Å²) in [7, 11) is 0. The Hall–Kier alpha value is -1.45. The summed E-state index contributed by atoms with van der Waals surface area (Å²) in [6, 6.07) is 0.0782. The molecule has 0 aromatic carbocycles. The van der Waals surface area contributed by atoms with Crippen molar-refractivity contribution in [1.82, 2.24) is 9.80 Å². The maximum Gasteiger partial charge on any atom is 0.148 e. The normalized spacial score (nSPS) is 19.1. The van der Waals surface area contributed by atoms with Gasteiger partial charge in [-0.15, -0.1) is 0 Å². The fourth-order valence-electron chi connectivity index (χ4n) is 4.33. The van der Waals surface area contributed by atoms with Gasteiger partial charge in [-0.3, -0.25) is 14.6 Å². The maximum atomic E-state index is 12.1. The van der Waals surface area contributed by atoms with E-state index in [1.807, 2.05) is 0 Å². The first-order chi connectivity index (χ1) is 15.7. The van der Waals surface area contributed by atoms with Crippen LogP contribution < -0.4 is 0 Å². The van der Waals surface area contributed by atoms with Gasteiger partial charge in [0.25, 0.3) is 0 Å². The molecule has 1 aliphatic heterocycles. The first kappa shape index (κ1) is 29.6. The molecular weight excluding hydrogens is 404 g/mol. The van der Waals surface area contributed by atoms with Crippen molar-refractivity contribution < 1.29 is 4.79 Å². The van der Waals surface area contributed by atoms with Gasteiger partial charge in [-0.2, -0.15) is 0 Å². The SMILES string of the molecule is CCCCN1CCN(CC=C(C)CCC=C(C)CCC=C(C)CCC=C(C)C)CC1C(C)=O. The topological polar surface area (TPSA) is 23.6 Å². The van der Waals surface area contributed by atoms with Gasteiger partial charge in [-0.1, -0.05) is 59.9 Å². The summed E-state index contributed by atoms with van der Waals surface area (Å²) in [6.07, 6.45) is 18.8. The molecule has 0 amide bonds. The molecular formula is C30H52N2O. The zero-order valence-electron chi connectivity index (χ0n) is 22.9. The lowest BCUT2D eigenvalue weighted by atomic mass is 10.0. The van der Waals surface area contributed by atoms with Crippen LogP contribution in [0.4, 0.5) is 0 Å². The van der Waals surface area contributed by atoms with Gasteiger partial charge in [0.05, 0.1) is 6.04 Å². The minimum atomic E-state index is 0.0782. The summed E-state index contributed by atoms with van der Waals surface area (Å²) >= 11 is 0. The molecule has 33 heavy (non-hydrogen) atoms. The molecule has 1 fully saturated rings. The molecule has 0 bridgehead atoms. The zero-order valence-corrected chi connectivity index (χ0v) is 22.9. The molecule has 1 heterocycles. The molecule has 1 unspecified atom stereocenters. The highest BCUT2D eigenvalue weighted by Gasteiger charge is 2.29. The van der Waals surface area contributed by atoms with Gasteiger partial charge in [0, 0.05) is 26.2 Å². The smallest absolute Gasteiger partial charge is 0.148 e. The highest BCUT2D eigenvalue weighted by molar-refractivity contribution is 5.81. The Bertz CT molecular complexity index is 694. The third kappa shape index (κ3) is 13.8. The lowest BCUT2D eigenvalue weighted by molar-refractivity contribution is -0.124. The molecule has 0 radical (unpaired) electrons. The van der Waals surface area contributed by atoms with Crippen molar-refractivity contribution in [3.8, 4) is 0 Å². The fourth-order valence-corrected chi connectivity index (χ4v) is 4.33. The van der Waals surface area contributed by atoms with Gasteiger partial charge in [-0.05, 0) is 93.0 Å². The van der Waals surface area contributed by atoms with Crippen LogP contribution in [0.2, 0.25) is 0 Å². The van der Waals surface area contributed by atoms with E-state index in [1.165, 1.54) is 41.6 Å². The Balaban J connectivity index is 2.35. The molecule has 1 rings (SSSR count). The van der Waals surface area contributed by atoms with Gasteiger partial charge in [0.2, 0.25) is 0 Å². The average Bonchev–Trinajstić information content (AvgIpc) is 2.76. The predicted molar refractivity (Wildman–Crippen MR) is 146 cm³/mol. The number of hydrogen-bond donors (Lipinski definition) is 0. The van der Waals surface area contributed by atoms with Crippen molar-refractivity contribution in [2.75, 3.05) is 32.7 Å². The Morgan fingerprint density at radius 2 is 1.33 bits per heavy atom. The second-order valence-corrected chi connectivity index (χ2v) is 10.3. The summed E-state index contributed by atoms with van der Waals surface area (Å²) in [5.41, 5.74) is 5.89. The molecule has 1 saturated heterocycles. The average molecular weight is 457 g/mol. The summed E-state index contributed by atoms with van der Waals surface area (Å²) < 4.78 is 0. The first-order valence-corrected chi connectivity index (χ1v) is 13.3. The van der Waals surface area contributed by atoms with E-state index in [2.05, 4.69) is 75.6 Å². The Kier molecular flexibility index (Phi) is 15.3. The molecule has 0 spiro atoms. The number of unbranched alkanes of at least 4 members (excludes halogenated alkanes) is 1. The predicted octanol–water partition coefficient (Wildman–Crippen LogP) is 7.51. The lowest BCUT2D eigenvalue weighted by Gasteiger charge is -2.40. The zero-order chi connectivity index (χ0) is 24.6. The van der Waals surface area contributed by atoms with Crippen LogP contribution in [0.25, 0.3) is 0 Å². The second-order valence-electron chi connectivity index (χ2n) is 10.3. The number of carbonyl (C=O) groups is 1. The molecule has 3 heteroatoms. The summed E-state index contributed by atoms with van der Waals surface area (Å²) in [5, 5.41) is 0. The second kappa shape index (κ2) is 17.1. The van der Waals surface area contributed by atoms with Crippen molar-refractivity contribution in [1.29, 1.82) is 0 Å². The maximum absolute atomic E-state index is 12.1. The molecule has 0 N–H and O–H groups in total. The largest absolute Gasteiger partial charge is 0.298 e. The molecule has 1 atom stereocenters. The summed E-state index contributed by atoms with van der Waals surface area (Å²) in [4.78, 5) is 17.0. The highest BCUT2D eigenvalue weighted by Crippen LogP contribution is 2.15. The third-order valence-corrected chi connectivity index (χ3v) is 6.70. The summed E-state index contributed by atoms with van der Waals surface area (Å²) in [6.45, 7) is 20.1. The van der Waals surface area contributed by atoms with E-state index >= 15 is 0 Å². The van der Waals surface area contributed by atoms with E-state index in [4.69, 9.17) is 0 Å². The van der Waals surface area contributed by atoms with Crippen LogP contribution in [0.5, 0.6) is 0 Å². The standard InChI is InChI=1S/C30H52N2O/c1-8-9-20-32-23-22-31(24-30(32)29(7)33)21-19-28(6)18-12-17-27(5)16-11-15-26(4)14-10-13-25(2)3/h13,15,17,19,30H,8-12,14,16,18,20-24H2,1-7H3. The Morgan fingerprint density at radius 3 is 1.85 bits per heavy atom. The van der Waals surface area contributed by atoms with Crippen LogP contribution in [-0.4, -0.2) is 54.3 Å². The number of nitrogens with zero attached hydrogens (tertiary/aromatic N) is 2. The van der Waals surface area contributed by atoms with Crippen molar-refractivity contribution >= 4 is 5.78 Å². The van der Waals surface area contributed by atoms with Gasteiger partial charge in [0.1, 0.15) is 5.78 Å². The van der Waals surface area contributed by atoms with Crippen LogP contribution in [-0.2, 0) is 4.79 Å². The van der Waals surface area contributed by atoms with Crippen molar-refractivity contribution in [3.63, 3.8) is 0 Å². The van der Waals surface area contributed by atoms with Gasteiger partial charge in [-0.25, -0.2) is 0 Å². The van der Waals surface area contributed by atoms with Crippen LogP contribution in [0.1, 0.15) is 99.8 Å². The molecule has 0 saturated carbocycles. The van der Waals surface area contributed by atoms with E-state index < -0.39 is 0 Å². The van der Waals surface area contributed by atoms with E-state index in [0.717, 1.165) is 64.8 Å². The molecule has 3 nitrogen and oxygen atoms in total. The van der Waals surface area contributed by atoms with Crippen LogP contribution in [0.3, 0.4) is 0 Å². The third-order valence-electron chi connectivity index (χ3n) is 6.70. The van der Waals surface area contributed by atoms with E-state index in [9.17, 15) is 4.79 Å². The number of rotatable bonds is 15. The monoisotopic (exact) mass is 456 g/mol. The fraction of sp³-hybridized carbons (Fsp3) is 0.700. The van der Waals surface area contributed by atoms with Gasteiger partial charge >= 0.3 is 0 Å². The molecule has 0 aromatic heterocycles. The summed E-state index contributed by atoms with van der Waals surface area (Å²) in [5.74, 6) is 0.315. The molecule has 0 aromatic rings. The highest BCUT2D eigenvalue weighted by atomic mass is 16.1. The van der Waals surface area contributed by atoms with E-state index in [-0.39, 0.29) is 6.04 Å².